The Kier molecular flexibility index (Phi) is 5.58. The monoisotopic (exact) mass is 378 g/mol. The van der Waals surface area contributed by atoms with Crippen molar-refractivity contribution in [3.63, 3.8) is 0 Å². The number of rotatable bonds is 4. The van der Waals surface area contributed by atoms with E-state index in [1.54, 1.807) is 11.3 Å². The van der Waals surface area contributed by atoms with Crippen LogP contribution in [0.15, 0.2) is 5.03 Å². The lowest BCUT2D eigenvalue weighted by Crippen LogP contribution is -2.44. The number of imide groups is 1. The Bertz CT molecular complexity index is 813. The van der Waals surface area contributed by atoms with E-state index in [0.717, 1.165) is 46.5 Å². The number of thioether (sulfide) groups is 1. The van der Waals surface area contributed by atoms with Gasteiger partial charge in [-0.1, -0.05) is 24.6 Å². The van der Waals surface area contributed by atoms with Crippen LogP contribution in [0.25, 0.3) is 10.2 Å². The standard InChI is InChI=1S/C17H22N4O2S2/c1-9-10(2)25-16-14(9)15(18-11(3)19-16)24-8-13(22)21-17(23)20-12-6-4-5-7-12/h12H,4-8H2,1-3H3,(H2,20,21,22,23). The number of nitrogens with one attached hydrogen (secondary N) is 2. The van der Waals surface area contributed by atoms with E-state index in [4.69, 9.17) is 0 Å². The van der Waals surface area contributed by atoms with Crippen molar-refractivity contribution >= 4 is 45.3 Å². The quantitative estimate of drug-likeness (QED) is 0.629. The SMILES string of the molecule is Cc1nc(SCC(=O)NC(=O)NC2CCCC2)c2c(C)c(C)sc2n1. The topological polar surface area (TPSA) is 84.0 Å². The molecule has 6 nitrogen and oxygen atoms in total. The van der Waals surface area contributed by atoms with Crippen molar-refractivity contribution in [1.82, 2.24) is 20.6 Å². The number of urea groups is 1. The van der Waals surface area contributed by atoms with Gasteiger partial charge < -0.3 is 5.32 Å². The molecule has 0 atom stereocenters. The Hall–Kier alpha value is -1.67. The number of hydrogen-bond donors (Lipinski definition) is 2. The number of aryl methyl sites for hydroxylation is 3. The molecule has 0 aromatic carbocycles. The summed E-state index contributed by atoms with van der Waals surface area (Å²) < 4.78 is 0. The lowest BCUT2D eigenvalue weighted by molar-refractivity contribution is -0.117. The Morgan fingerprint density at radius 3 is 2.64 bits per heavy atom. The summed E-state index contributed by atoms with van der Waals surface area (Å²) >= 11 is 2.99. The van der Waals surface area contributed by atoms with Crippen molar-refractivity contribution in [1.29, 1.82) is 0 Å². The molecular weight excluding hydrogens is 356 g/mol. The highest BCUT2D eigenvalue weighted by Crippen LogP contribution is 2.34. The molecule has 0 unspecified atom stereocenters. The van der Waals surface area contributed by atoms with Crippen LogP contribution in [0.1, 0.15) is 41.9 Å². The zero-order chi connectivity index (χ0) is 18.0. The van der Waals surface area contributed by atoms with Crippen LogP contribution in [-0.2, 0) is 4.79 Å². The molecule has 2 aromatic rings. The first-order valence-corrected chi connectivity index (χ1v) is 10.2. The van der Waals surface area contributed by atoms with Crippen LogP contribution in [-0.4, -0.2) is 33.7 Å². The molecule has 25 heavy (non-hydrogen) atoms. The molecule has 0 radical (unpaired) electrons. The van der Waals surface area contributed by atoms with Crippen LogP contribution in [0.4, 0.5) is 4.79 Å². The van der Waals surface area contributed by atoms with Crippen molar-refractivity contribution in [3.8, 4) is 0 Å². The number of thiophene rings is 1. The van der Waals surface area contributed by atoms with Gasteiger partial charge in [-0.25, -0.2) is 14.8 Å². The van der Waals surface area contributed by atoms with E-state index in [2.05, 4.69) is 27.5 Å². The summed E-state index contributed by atoms with van der Waals surface area (Å²) in [5.41, 5.74) is 1.15. The fourth-order valence-corrected chi connectivity index (χ4v) is 5.08. The second-order valence-corrected chi connectivity index (χ2v) is 8.50. The maximum Gasteiger partial charge on any atom is 0.321 e. The molecule has 1 aliphatic rings. The summed E-state index contributed by atoms with van der Waals surface area (Å²) in [7, 11) is 0. The van der Waals surface area contributed by atoms with Crippen molar-refractivity contribution < 1.29 is 9.59 Å². The number of aromatic nitrogens is 2. The van der Waals surface area contributed by atoms with Crippen molar-refractivity contribution in [2.75, 3.05) is 5.75 Å². The molecule has 0 aliphatic heterocycles. The molecular formula is C17H22N4O2S2. The number of fused-ring (bicyclic) bond motifs is 1. The molecule has 1 saturated carbocycles. The molecule has 2 aromatic heterocycles. The summed E-state index contributed by atoms with van der Waals surface area (Å²) in [5.74, 6) is 0.531. The third kappa shape index (κ3) is 4.30. The van der Waals surface area contributed by atoms with Crippen LogP contribution in [0, 0.1) is 20.8 Å². The van der Waals surface area contributed by atoms with E-state index >= 15 is 0 Å². The smallest absolute Gasteiger partial charge is 0.321 e. The average Bonchev–Trinajstić information content (AvgIpc) is 3.13. The van der Waals surface area contributed by atoms with Gasteiger partial charge in [-0.2, -0.15) is 0 Å². The van der Waals surface area contributed by atoms with Gasteiger partial charge in [-0.05, 0) is 39.2 Å². The fourth-order valence-electron chi connectivity index (χ4n) is 3.01. The molecule has 2 heterocycles. The van der Waals surface area contributed by atoms with Gasteiger partial charge in [0.05, 0.1) is 5.75 Å². The molecule has 2 N–H and O–H groups in total. The molecule has 3 amide bonds. The van der Waals surface area contributed by atoms with Crippen LogP contribution in [0.2, 0.25) is 0 Å². The van der Waals surface area contributed by atoms with Gasteiger partial charge in [0.2, 0.25) is 5.91 Å². The summed E-state index contributed by atoms with van der Waals surface area (Å²) in [4.78, 5) is 35.1. The summed E-state index contributed by atoms with van der Waals surface area (Å²) in [6.07, 6.45) is 4.26. The van der Waals surface area contributed by atoms with Gasteiger partial charge >= 0.3 is 6.03 Å². The lowest BCUT2D eigenvalue weighted by atomic mass is 10.2. The number of nitrogens with zero attached hydrogens (tertiary/aromatic N) is 2. The van der Waals surface area contributed by atoms with Crippen LogP contribution < -0.4 is 10.6 Å². The van der Waals surface area contributed by atoms with Gasteiger partial charge in [-0.15, -0.1) is 11.3 Å². The summed E-state index contributed by atoms with van der Waals surface area (Å²) in [6.45, 7) is 5.96. The van der Waals surface area contributed by atoms with Gasteiger partial charge in [-0.3, -0.25) is 10.1 Å². The second-order valence-electron chi connectivity index (χ2n) is 6.33. The first-order valence-electron chi connectivity index (χ1n) is 8.41. The molecule has 134 valence electrons. The minimum absolute atomic E-state index is 0.151. The van der Waals surface area contributed by atoms with Gasteiger partial charge in [0, 0.05) is 16.3 Å². The maximum atomic E-state index is 12.1. The molecule has 1 aliphatic carbocycles. The van der Waals surface area contributed by atoms with Crippen LogP contribution in [0.5, 0.6) is 0 Å². The predicted octanol–water partition coefficient (Wildman–Crippen LogP) is 3.48. The zero-order valence-corrected chi connectivity index (χ0v) is 16.3. The predicted molar refractivity (Wildman–Crippen MR) is 101 cm³/mol. The minimum Gasteiger partial charge on any atom is -0.335 e. The molecule has 0 spiro atoms. The van der Waals surface area contributed by atoms with E-state index in [9.17, 15) is 9.59 Å². The maximum absolute atomic E-state index is 12.1. The van der Waals surface area contributed by atoms with Gasteiger partial charge in [0.1, 0.15) is 15.7 Å². The third-order valence-corrected chi connectivity index (χ3v) is 6.47. The van der Waals surface area contributed by atoms with Crippen LogP contribution >= 0.6 is 23.1 Å². The van der Waals surface area contributed by atoms with E-state index in [0.29, 0.717) is 5.82 Å². The average molecular weight is 379 g/mol. The molecule has 3 rings (SSSR count). The molecule has 0 bridgehead atoms. The number of carbonyl (C=O) groups excluding carboxylic acids is 2. The molecule has 8 heteroatoms. The Morgan fingerprint density at radius 2 is 1.92 bits per heavy atom. The Balaban J connectivity index is 1.62. The van der Waals surface area contributed by atoms with E-state index in [1.807, 2.05) is 13.8 Å². The van der Waals surface area contributed by atoms with Crippen molar-refractivity contribution in [2.24, 2.45) is 0 Å². The largest absolute Gasteiger partial charge is 0.335 e. The van der Waals surface area contributed by atoms with Crippen LogP contribution in [0.3, 0.4) is 0 Å². The van der Waals surface area contributed by atoms with Gasteiger partial charge in [0.15, 0.2) is 0 Å². The number of amides is 3. The van der Waals surface area contributed by atoms with Crippen molar-refractivity contribution in [2.45, 2.75) is 57.5 Å². The summed E-state index contributed by atoms with van der Waals surface area (Å²) in [6, 6.07) is -0.204. The Labute approximate surface area is 155 Å². The highest BCUT2D eigenvalue weighted by Gasteiger charge is 2.19. The van der Waals surface area contributed by atoms with E-state index in [-0.39, 0.29) is 17.7 Å². The fraction of sp³-hybridized carbons (Fsp3) is 0.529. The lowest BCUT2D eigenvalue weighted by Gasteiger charge is -2.12. The normalized spacial score (nSPS) is 14.8. The van der Waals surface area contributed by atoms with E-state index in [1.165, 1.54) is 16.6 Å². The van der Waals surface area contributed by atoms with Gasteiger partial charge in [0.25, 0.3) is 0 Å². The van der Waals surface area contributed by atoms with E-state index < -0.39 is 6.03 Å². The first-order chi connectivity index (χ1) is 11.9. The first kappa shape index (κ1) is 18.1. The second kappa shape index (κ2) is 7.70. The minimum atomic E-state index is -0.399. The molecule has 0 saturated heterocycles. The Morgan fingerprint density at radius 1 is 1.20 bits per heavy atom. The highest BCUT2D eigenvalue weighted by atomic mass is 32.2. The zero-order valence-electron chi connectivity index (χ0n) is 14.6. The molecule has 1 fully saturated rings. The third-order valence-electron chi connectivity index (χ3n) is 4.39. The number of hydrogen-bond acceptors (Lipinski definition) is 6. The highest BCUT2D eigenvalue weighted by molar-refractivity contribution is 8.00. The number of carbonyl (C=O) groups is 2. The van der Waals surface area contributed by atoms with Crippen molar-refractivity contribution in [3.05, 3.63) is 16.3 Å². The summed E-state index contributed by atoms with van der Waals surface area (Å²) in [5, 5.41) is 7.08.